The van der Waals surface area contributed by atoms with Crippen LogP contribution in [-0.4, -0.2) is 12.6 Å². The molecular weight excluding hydrogens is 176 g/mol. The maximum atomic E-state index is 13.1. The van der Waals surface area contributed by atoms with Crippen molar-refractivity contribution in [1.29, 1.82) is 0 Å². The molecule has 70 valence electrons. The summed E-state index contributed by atoms with van der Waals surface area (Å²) in [5.74, 6) is -1.10. The van der Waals surface area contributed by atoms with E-state index in [1.807, 2.05) is 0 Å². The van der Waals surface area contributed by atoms with Gasteiger partial charge in [0.2, 0.25) is 0 Å². The lowest BCUT2D eigenvalue weighted by molar-refractivity contribution is 0.249. The standard InChI is InChI=1S/C9H9F2NO/c10-6-1-5-2-7(12)4-13-9(5)8(11)3-6/h1,3,7H,2,4,12H2. The third kappa shape index (κ3) is 1.49. The summed E-state index contributed by atoms with van der Waals surface area (Å²) in [6.07, 6.45) is 0.462. The summed E-state index contributed by atoms with van der Waals surface area (Å²) in [5, 5.41) is 0. The highest BCUT2D eigenvalue weighted by Gasteiger charge is 2.20. The van der Waals surface area contributed by atoms with Gasteiger partial charge in [-0.2, -0.15) is 0 Å². The van der Waals surface area contributed by atoms with Crippen LogP contribution in [0.1, 0.15) is 5.56 Å². The Bertz CT molecular complexity index is 341. The van der Waals surface area contributed by atoms with Crippen molar-refractivity contribution in [3.8, 4) is 5.75 Å². The predicted molar refractivity (Wildman–Crippen MR) is 43.5 cm³/mol. The fourth-order valence-electron chi connectivity index (χ4n) is 1.46. The molecule has 0 aromatic heterocycles. The van der Waals surface area contributed by atoms with Gasteiger partial charge in [-0.15, -0.1) is 0 Å². The van der Waals surface area contributed by atoms with Crippen molar-refractivity contribution >= 4 is 0 Å². The highest BCUT2D eigenvalue weighted by Crippen LogP contribution is 2.28. The first-order valence-corrected chi connectivity index (χ1v) is 4.03. The van der Waals surface area contributed by atoms with Crippen LogP contribution >= 0.6 is 0 Å². The quantitative estimate of drug-likeness (QED) is 0.659. The Morgan fingerprint density at radius 1 is 1.38 bits per heavy atom. The second kappa shape index (κ2) is 2.96. The van der Waals surface area contributed by atoms with Gasteiger partial charge in [0.05, 0.1) is 0 Å². The van der Waals surface area contributed by atoms with E-state index in [1.165, 1.54) is 6.07 Å². The van der Waals surface area contributed by atoms with Crippen LogP contribution in [0.3, 0.4) is 0 Å². The van der Waals surface area contributed by atoms with Crippen molar-refractivity contribution in [2.45, 2.75) is 12.5 Å². The molecule has 1 aromatic rings. The maximum Gasteiger partial charge on any atom is 0.168 e. The Balaban J connectivity index is 2.47. The van der Waals surface area contributed by atoms with Gasteiger partial charge in [0.25, 0.3) is 0 Å². The average Bonchev–Trinajstić information content (AvgIpc) is 2.02. The van der Waals surface area contributed by atoms with Crippen LogP contribution < -0.4 is 10.5 Å². The van der Waals surface area contributed by atoms with E-state index in [0.717, 1.165) is 6.07 Å². The van der Waals surface area contributed by atoms with E-state index >= 15 is 0 Å². The second-order valence-corrected chi connectivity index (χ2v) is 3.15. The molecule has 0 fully saturated rings. The smallest absolute Gasteiger partial charge is 0.168 e. The van der Waals surface area contributed by atoms with Gasteiger partial charge in [-0.25, -0.2) is 8.78 Å². The number of halogens is 2. The second-order valence-electron chi connectivity index (χ2n) is 3.15. The van der Waals surface area contributed by atoms with Gasteiger partial charge in [-0.05, 0) is 12.5 Å². The number of ether oxygens (including phenoxy) is 1. The fraction of sp³-hybridized carbons (Fsp3) is 0.333. The summed E-state index contributed by atoms with van der Waals surface area (Å²) in [4.78, 5) is 0. The number of rotatable bonds is 0. The summed E-state index contributed by atoms with van der Waals surface area (Å²) < 4.78 is 30.9. The molecule has 0 radical (unpaired) electrons. The van der Waals surface area contributed by atoms with E-state index in [0.29, 0.717) is 12.0 Å². The van der Waals surface area contributed by atoms with Gasteiger partial charge in [0, 0.05) is 17.7 Å². The zero-order chi connectivity index (χ0) is 9.42. The minimum atomic E-state index is -0.651. The summed E-state index contributed by atoms with van der Waals surface area (Å²) in [7, 11) is 0. The summed E-state index contributed by atoms with van der Waals surface area (Å²) in [5.41, 5.74) is 6.09. The molecule has 0 aliphatic carbocycles. The van der Waals surface area contributed by atoms with Gasteiger partial charge in [-0.3, -0.25) is 0 Å². The third-order valence-corrected chi connectivity index (χ3v) is 2.01. The molecule has 0 saturated heterocycles. The lowest BCUT2D eigenvalue weighted by Crippen LogP contribution is -2.34. The lowest BCUT2D eigenvalue weighted by atomic mass is 10.0. The molecule has 2 nitrogen and oxygen atoms in total. The Labute approximate surface area is 74.3 Å². The molecular formula is C9H9F2NO. The Morgan fingerprint density at radius 3 is 2.92 bits per heavy atom. The number of fused-ring (bicyclic) bond motifs is 1. The largest absolute Gasteiger partial charge is 0.489 e. The van der Waals surface area contributed by atoms with Crippen molar-refractivity contribution in [3.05, 3.63) is 29.3 Å². The Hall–Kier alpha value is -1.16. The number of nitrogens with two attached hydrogens (primary N) is 1. The van der Waals surface area contributed by atoms with Crippen molar-refractivity contribution in [3.63, 3.8) is 0 Å². The van der Waals surface area contributed by atoms with Gasteiger partial charge in [0.15, 0.2) is 11.6 Å². The highest BCUT2D eigenvalue weighted by atomic mass is 19.1. The predicted octanol–water partition coefficient (Wildman–Crippen LogP) is 1.23. The average molecular weight is 185 g/mol. The molecule has 1 aliphatic heterocycles. The van der Waals surface area contributed by atoms with Crippen LogP contribution in [0.25, 0.3) is 0 Å². The first-order valence-electron chi connectivity index (χ1n) is 4.03. The normalized spacial score (nSPS) is 20.7. The van der Waals surface area contributed by atoms with Crippen LogP contribution in [0.15, 0.2) is 12.1 Å². The fourth-order valence-corrected chi connectivity index (χ4v) is 1.46. The minimum absolute atomic E-state index is 0.142. The first-order chi connectivity index (χ1) is 6.16. The van der Waals surface area contributed by atoms with E-state index in [2.05, 4.69) is 0 Å². The van der Waals surface area contributed by atoms with Crippen LogP contribution in [-0.2, 0) is 6.42 Å². The minimum Gasteiger partial charge on any atom is -0.489 e. The van der Waals surface area contributed by atoms with Crippen molar-refractivity contribution in [2.24, 2.45) is 5.73 Å². The molecule has 1 aromatic carbocycles. The van der Waals surface area contributed by atoms with E-state index in [1.54, 1.807) is 0 Å². The Kier molecular flexibility index (Phi) is 1.92. The molecule has 1 aliphatic rings. The zero-order valence-corrected chi connectivity index (χ0v) is 6.89. The monoisotopic (exact) mass is 185 g/mol. The summed E-state index contributed by atoms with van der Waals surface area (Å²) in [6.45, 7) is 0.287. The van der Waals surface area contributed by atoms with Crippen LogP contribution in [0.5, 0.6) is 5.75 Å². The van der Waals surface area contributed by atoms with E-state index in [9.17, 15) is 8.78 Å². The highest BCUT2D eigenvalue weighted by molar-refractivity contribution is 5.37. The van der Waals surface area contributed by atoms with Crippen LogP contribution in [0, 0.1) is 11.6 Å². The molecule has 0 amide bonds. The molecule has 0 spiro atoms. The third-order valence-electron chi connectivity index (χ3n) is 2.01. The lowest BCUT2D eigenvalue weighted by Gasteiger charge is -2.22. The van der Waals surface area contributed by atoms with Crippen molar-refractivity contribution in [1.82, 2.24) is 0 Å². The molecule has 1 heterocycles. The molecule has 0 saturated carbocycles. The van der Waals surface area contributed by atoms with Crippen molar-refractivity contribution in [2.75, 3.05) is 6.61 Å². The molecule has 1 atom stereocenters. The molecule has 4 heteroatoms. The van der Waals surface area contributed by atoms with E-state index < -0.39 is 11.6 Å². The number of hydrogen-bond donors (Lipinski definition) is 1. The Morgan fingerprint density at radius 2 is 2.15 bits per heavy atom. The van der Waals surface area contributed by atoms with E-state index in [4.69, 9.17) is 10.5 Å². The maximum absolute atomic E-state index is 13.1. The topological polar surface area (TPSA) is 35.2 Å². The molecule has 2 N–H and O–H groups in total. The van der Waals surface area contributed by atoms with Gasteiger partial charge in [-0.1, -0.05) is 0 Å². The summed E-state index contributed by atoms with van der Waals surface area (Å²) >= 11 is 0. The van der Waals surface area contributed by atoms with E-state index in [-0.39, 0.29) is 18.4 Å². The van der Waals surface area contributed by atoms with Gasteiger partial charge in [0.1, 0.15) is 12.4 Å². The zero-order valence-electron chi connectivity index (χ0n) is 6.89. The van der Waals surface area contributed by atoms with Gasteiger partial charge < -0.3 is 10.5 Å². The summed E-state index contributed by atoms with van der Waals surface area (Å²) in [6, 6.07) is 1.90. The first kappa shape index (κ1) is 8.44. The molecule has 2 rings (SSSR count). The van der Waals surface area contributed by atoms with Crippen LogP contribution in [0.4, 0.5) is 8.78 Å². The molecule has 0 bridgehead atoms. The SMILES string of the molecule is NC1COc2c(F)cc(F)cc2C1. The number of hydrogen-bond acceptors (Lipinski definition) is 2. The molecule has 13 heavy (non-hydrogen) atoms. The van der Waals surface area contributed by atoms with Gasteiger partial charge >= 0.3 is 0 Å². The van der Waals surface area contributed by atoms with Crippen LogP contribution in [0.2, 0.25) is 0 Å². The molecule has 1 unspecified atom stereocenters. The number of benzene rings is 1. The van der Waals surface area contributed by atoms with Crippen molar-refractivity contribution < 1.29 is 13.5 Å².